The van der Waals surface area contributed by atoms with Gasteiger partial charge in [-0.15, -0.1) is 0 Å². The zero-order valence-electron chi connectivity index (χ0n) is 11.9. The van der Waals surface area contributed by atoms with Gasteiger partial charge < -0.3 is 10.3 Å². The van der Waals surface area contributed by atoms with Gasteiger partial charge in [0.15, 0.2) is 0 Å². The molecule has 0 radical (unpaired) electrons. The first-order chi connectivity index (χ1) is 9.47. The van der Waals surface area contributed by atoms with E-state index in [4.69, 9.17) is 0 Å². The van der Waals surface area contributed by atoms with Crippen LogP contribution in [0.25, 0.3) is 10.9 Å². The van der Waals surface area contributed by atoms with Gasteiger partial charge in [0.05, 0.1) is 16.9 Å². The fourth-order valence-electron chi connectivity index (χ4n) is 2.23. The normalized spacial score (nSPS) is 12.6. The molecule has 1 aromatic heterocycles. The van der Waals surface area contributed by atoms with Gasteiger partial charge in [0.25, 0.3) is 5.56 Å². The number of fused-ring (bicyclic) bond motifs is 1. The van der Waals surface area contributed by atoms with Crippen LogP contribution in [0.4, 0.5) is 0 Å². The largest absolute Gasteiger partial charge is 0.346 e. The van der Waals surface area contributed by atoms with Crippen molar-refractivity contribution in [3.8, 4) is 0 Å². The Balaban J connectivity index is 2.47. The van der Waals surface area contributed by atoms with Crippen LogP contribution in [0.2, 0.25) is 0 Å². The van der Waals surface area contributed by atoms with E-state index in [1.165, 1.54) is 6.92 Å². The standard InChI is InChI=1S/C15H19N3O2/c1-9(2)8-13(16-10(3)19)14-17-12-7-5-4-6-11(12)15(20)18-14/h4-7,9,13H,8H2,1-3H3,(H,16,19)(H,17,18,20). The average Bonchev–Trinajstić information content (AvgIpc) is 2.37. The molecular formula is C15H19N3O2. The molecule has 2 N–H and O–H groups in total. The monoisotopic (exact) mass is 273 g/mol. The fourth-order valence-corrected chi connectivity index (χ4v) is 2.23. The van der Waals surface area contributed by atoms with Gasteiger partial charge in [0.1, 0.15) is 5.82 Å². The van der Waals surface area contributed by atoms with Crippen molar-refractivity contribution in [2.45, 2.75) is 33.2 Å². The molecule has 1 unspecified atom stereocenters. The Morgan fingerprint density at radius 3 is 2.70 bits per heavy atom. The third kappa shape index (κ3) is 3.23. The van der Waals surface area contributed by atoms with Gasteiger partial charge in [-0.05, 0) is 24.5 Å². The summed E-state index contributed by atoms with van der Waals surface area (Å²) in [4.78, 5) is 30.6. The van der Waals surface area contributed by atoms with Gasteiger partial charge in [-0.25, -0.2) is 4.98 Å². The van der Waals surface area contributed by atoms with Crippen molar-refractivity contribution >= 4 is 16.8 Å². The molecule has 20 heavy (non-hydrogen) atoms. The number of carbonyl (C=O) groups excluding carboxylic acids is 1. The Labute approximate surface area is 117 Å². The molecule has 1 heterocycles. The van der Waals surface area contributed by atoms with Crippen molar-refractivity contribution in [2.75, 3.05) is 0 Å². The van der Waals surface area contributed by atoms with Crippen LogP contribution in [0, 0.1) is 5.92 Å². The molecule has 2 aromatic rings. The highest BCUT2D eigenvalue weighted by Gasteiger charge is 2.18. The maximum atomic E-state index is 12.1. The van der Waals surface area contributed by atoms with Gasteiger partial charge in [-0.1, -0.05) is 26.0 Å². The third-order valence-electron chi connectivity index (χ3n) is 3.05. The van der Waals surface area contributed by atoms with Crippen LogP contribution in [0.1, 0.15) is 39.1 Å². The van der Waals surface area contributed by atoms with Gasteiger partial charge in [-0.3, -0.25) is 9.59 Å². The maximum absolute atomic E-state index is 12.1. The Morgan fingerprint density at radius 2 is 2.05 bits per heavy atom. The second kappa shape index (κ2) is 5.86. The lowest BCUT2D eigenvalue weighted by Gasteiger charge is -2.19. The molecule has 5 heteroatoms. The van der Waals surface area contributed by atoms with E-state index in [-0.39, 0.29) is 17.5 Å². The molecule has 0 aliphatic rings. The van der Waals surface area contributed by atoms with Crippen LogP contribution in [0.3, 0.4) is 0 Å². The van der Waals surface area contributed by atoms with E-state index in [1.54, 1.807) is 18.2 Å². The Morgan fingerprint density at radius 1 is 1.35 bits per heavy atom. The number of benzene rings is 1. The minimum absolute atomic E-state index is 0.133. The first-order valence-electron chi connectivity index (χ1n) is 6.73. The van der Waals surface area contributed by atoms with E-state index in [1.807, 2.05) is 6.07 Å². The highest BCUT2D eigenvalue weighted by atomic mass is 16.1. The molecule has 1 atom stereocenters. The molecule has 0 bridgehead atoms. The summed E-state index contributed by atoms with van der Waals surface area (Å²) in [5.74, 6) is 0.757. The number of H-pyrrole nitrogens is 1. The molecule has 106 valence electrons. The molecule has 1 aromatic carbocycles. The van der Waals surface area contributed by atoms with Crippen molar-refractivity contribution in [1.82, 2.24) is 15.3 Å². The number of amides is 1. The quantitative estimate of drug-likeness (QED) is 0.896. The fraction of sp³-hybridized carbons (Fsp3) is 0.400. The number of hydrogen-bond donors (Lipinski definition) is 2. The van der Waals surface area contributed by atoms with E-state index in [0.717, 1.165) is 6.42 Å². The van der Waals surface area contributed by atoms with E-state index >= 15 is 0 Å². The lowest BCUT2D eigenvalue weighted by atomic mass is 10.0. The lowest BCUT2D eigenvalue weighted by Crippen LogP contribution is -2.30. The molecule has 1 amide bonds. The van der Waals surface area contributed by atoms with Crippen LogP contribution in [0.15, 0.2) is 29.1 Å². The Kier molecular flexibility index (Phi) is 4.17. The van der Waals surface area contributed by atoms with Gasteiger partial charge >= 0.3 is 0 Å². The number of nitrogens with one attached hydrogen (secondary N) is 2. The van der Waals surface area contributed by atoms with E-state index in [2.05, 4.69) is 29.1 Å². The topological polar surface area (TPSA) is 74.8 Å². The highest BCUT2D eigenvalue weighted by molar-refractivity contribution is 5.77. The molecule has 2 rings (SSSR count). The summed E-state index contributed by atoms with van der Waals surface area (Å²) in [6.45, 7) is 5.59. The van der Waals surface area contributed by atoms with Crippen LogP contribution in [-0.4, -0.2) is 15.9 Å². The van der Waals surface area contributed by atoms with Crippen molar-refractivity contribution in [2.24, 2.45) is 5.92 Å². The molecule has 5 nitrogen and oxygen atoms in total. The molecule has 0 saturated carbocycles. The second-order valence-electron chi connectivity index (χ2n) is 5.35. The van der Waals surface area contributed by atoms with Gasteiger partial charge in [0, 0.05) is 6.92 Å². The molecular weight excluding hydrogens is 254 g/mol. The maximum Gasteiger partial charge on any atom is 0.258 e. The molecule has 0 fully saturated rings. The number of hydrogen-bond acceptors (Lipinski definition) is 3. The number of para-hydroxylation sites is 1. The van der Waals surface area contributed by atoms with Gasteiger partial charge in [-0.2, -0.15) is 0 Å². The highest BCUT2D eigenvalue weighted by Crippen LogP contribution is 2.18. The summed E-state index contributed by atoms with van der Waals surface area (Å²) in [6.07, 6.45) is 0.723. The smallest absolute Gasteiger partial charge is 0.258 e. The zero-order chi connectivity index (χ0) is 14.7. The number of rotatable bonds is 4. The summed E-state index contributed by atoms with van der Waals surface area (Å²) in [5.41, 5.74) is 0.468. The van der Waals surface area contributed by atoms with Crippen LogP contribution >= 0.6 is 0 Å². The van der Waals surface area contributed by atoms with Crippen LogP contribution < -0.4 is 10.9 Å². The summed E-state index contributed by atoms with van der Waals surface area (Å²) < 4.78 is 0. The minimum atomic E-state index is -0.273. The number of aromatic amines is 1. The van der Waals surface area contributed by atoms with E-state index in [9.17, 15) is 9.59 Å². The van der Waals surface area contributed by atoms with Gasteiger partial charge in [0.2, 0.25) is 5.91 Å². The van der Waals surface area contributed by atoms with Crippen LogP contribution in [0.5, 0.6) is 0 Å². The SMILES string of the molecule is CC(=O)NC(CC(C)C)c1nc2ccccc2c(=O)[nH]1. The molecule has 0 spiro atoms. The van der Waals surface area contributed by atoms with Crippen LogP contribution in [-0.2, 0) is 4.79 Å². The summed E-state index contributed by atoms with van der Waals surface area (Å²) in [7, 11) is 0. The van der Waals surface area contributed by atoms with Crippen molar-refractivity contribution in [3.05, 3.63) is 40.4 Å². The summed E-state index contributed by atoms with van der Waals surface area (Å²) >= 11 is 0. The zero-order valence-corrected chi connectivity index (χ0v) is 11.9. The first-order valence-corrected chi connectivity index (χ1v) is 6.73. The molecule has 0 saturated heterocycles. The summed E-state index contributed by atoms with van der Waals surface area (Å²) in [6, 6.07) is 6.91. The third-order valence-corrected chi connectivity index (χ3v) is 3.05. The van der Waals surface area contributed by atoms with E-state index in [0.29, 0.717) is 22.6 Å². The molecule has 0 aliphatic carbocycles. The first kappa shape index (κ1) is 14.2. The summed E-state index contributed by atoms with van der Waals surface area (Å²) in [5, 5.41) is 3.41. The van der Waals surface area contributed by atoms with Crippen molar-refractivity contribution in [3.63, 3.8) is 0 Å². The number of carbonyl (C=O) groups is 1. The predicted molar refractivity (Wildman–Crippen MR) is 78.4 cm³/mol. The minimum Gasteiger partial charge on any atom is -0.346 e. The van der Waals surface area contributed by atoms with E-state index < -0.39 is 0 Å². The Bertz CT molecular complexity index is 676. The number of aromatic nitrogens is 2. The Hall–Kier alpha value is -2.17. The van der Waals surface area contributed by atoms with Crippen molar-refractivity contribution in [1.29, 1.82) is 0 Å². The number of nitrogens with zero attached hydrogens (tertiary/aromatic N) is 1. The lowest BCUT2D eigenvalue weighted by molar-refractivity contribution is -0.119. The average molecular weight is 273 g/mol. The predicted octanol–water partition coefficient (Wildman–Crippen LogP) is 2.15. The van der Waals surface area contributed by atoms with Crippen molar-refractivity contribution < 1.29 is 4.79 Å². The second-order valence-corrected chi connectivity index (χ2v) is 5.35. The molecule has 0 aliphatic heterocycles.